The van der Waals surface area contributed by atoms with E-state index in [0.717, 1.165) is 24.3 Å². The van der Waals surface area contributed by atoms with Crippen LogP contribution in [-0.2, 0) is 6.42 Å². The van der Waals surface area contributed by atoms with E-state index in [2.05, 4.69) is 6.92 Å². The molecule has 0 aromatic heterocycles. The number of halogens is 1. The van der Waals surface area contributed by atoms with Crippen molar-refractivity contribution < 1.29 is 9.50 Å². The van der Waals surface area contributed by atoms with E-state index in [-0.39, 0.29) is 11.9 Å². The second-order valence-corrected chi connectivity index (χ2v) is 5.60. The Morgan fingerprint density at radius 3 is 2.94 bits per heavy atom. The Labute approximate surface area is 109 Å². The maximum atomic E-state index is 13.1. The minimum absolute atomic E-state index is 0.213. The van der Waals surface area contributed by atoms with Gasteiger partial charge in [-0.1, -0.05) is 38.3 Å². The molecule has 1 aliphatic carbocycles. The largest absolute Gasteiger partial charge is 0.392 e. The lowest BCUT2D eigenvalue weighted by molar-refractivity contribution is 0.0684. The van der Waals surface area contributed by atoms with Gasteiger partial charge >= 0.3 is 0 Å². The molecule has 0 spiro atoms. The molecule has 2 heteroatoms. The first-order valence-corrected chi connectivity index (χ1v) is 7.11. The van der Waals surface area contributed by atoms with E-state index in [9.17, 15) is 9.50 Å². The van der Waals surface area contributed by atoms with Crippen molar-refractivity contribution in [2.75, 3.05) is 0 Å². The van der Waals surface area contributed by atoms with E-state index in [4.69, 9.17) is 0 Å². The van der Waals surface area contributed by atoms with Crippen LogP contribution in [0.15, 0.2) is 24.3 Å². The van der Waals surface area contributed by atoms with Crippen LogP contribution < -0.4 is 0 Å². The van der Waals surface area contributed by atoms with Gasteiger partial charge in [-0.25, -0.2) is 4.39 Å². The molecule has 0 aliphatic heterocycles. The quantitative estimate of drug-likeness (QED) is 0.858. The van der Waals surface area contributed by atoms with Crippen LogP contribution in [-0.4, -0.2) is 11.2 Å². The van der Waals surface area contributed by atoms with E-state index in [1.54, 1.807) is 6.07 Å². The minimum Gasteiger partial charge on any atom is -0.392 e. The standard InChI is InChI=1S/C16H23FO/c1-2-12-5-3-7-14(9-12)16(18)11-13-6-4-8-15(17)10-13/h4,6,8,10,12,14,16,18H,2-3,5,7,9,11H2,1H3. The first-order valence-electron chi connectivity index (χ1n) is 7.11. The average Bonchev–Trinajstić information content (AvgIpc) is 2.39. The monoisotopic (exact) mass is 250 g/mol. The summed E-state index contributed by atoms with van der Waals surface area (Å²) in [6.45, 7) is 2.23. The van der Waals surface area contributed by atoms with Crippen LogP contribution in [0.1, 0.15) is 44.6 Å². The van der Waals surface area contributed by atoms with Crippen molar-refractivity contribution in [3.63, 3.8) is 0 Å². The Morgan fingerprint density at radius 1 is 1.39 bits per heavy atom. The van der Waals surface area contributed by atoms with Gasteiger partial charge in [0.2, 0.25) is 0 Å². The van der Waals surface area contributed by atoms with Crippen molar-refractivity contribution >= 4 is 0 Å². The zero-order valence-electron chi connectivity index (χ0n) is 11.1. The molecule has 1 nitrogen and oxygen atoms in total. The number of benzene rings is 1. The molecule has 1 fully saturated rings. The zero-order chi connectivity index (χ0) is 13.0. The lowest BCUT2D eigenvalue weighted by atomic mass is 9.76. The summed E-state index contributed by atoms with van der Waals surface area (Å²) in [6, 6.07) is 6.59. The summed E-state index contributed by atoms with van der Waals surface area (Å²) >= 11 is 0. The highest BCUT2D eigenvalue weighted by Gasteiger charge is 2.26. The smallest absolute Gasteiger partial charge is 0.123 e. The summed E-state index contributed by atoms with van der Waals surface area (Å²) in [4.78, 5) is 0. The molecule has 3 unspecified atom stereocenters. The van der Waals surface area contributed by atoms with Crippen LogP contribution in [0.4, 0.5) is 4.39 Å². The van der Waals surface area contributed by atoms with Crippen molar-refractivity contribution in [2.45, 2.75) is 51.6 Å². The Kier molecular flexibility index (Phi) is 4.76. The van der Waals surface area contributed by atoms with Crippen LogP contribution in [0.5, 0.6) is 0 Å². The predicted molar refractivity (Wildman–Crippen MR) is 71.8 cm³/mol. The SMILES string of the molecule is CCC1CCCC(C(O)Cc2cccc(F)c2)C1. The van der Waals surface area contributed by atoms with E-state index in [1.165, 1.54) is 31.4 Å². The summed E-state index contributed by atoms with van der Waals surface area (Å²) in [5.74, 6) is 0.952. The predicted octanol–water partition coefficient (Wildman–Crippen LogP) is 3.95. The van der Waals surface area contributed by atoms with Crippen LogP contribution in [0.25, 0.3) is 0 Å². The third kappa shape index (κ3) is 3.55. The Bertz CT molecular complexity index is 377. The van der Waals surface area contributed by atoms with Gasteiger partial charge in [-0.2, -0.15) is 0 Å². The number of hydrogen-bond donors (Lipinski definition) is 1. The highest BCUT2D eigenvalue weighted by Crippen LogP contribution is 2.33. The van der Waals surface area contributed by atoms with Crippen LogP contribution >= 0.6 is 0 Å². The minimum atomic E-state index is -0.318. The van der Waals surface area contributed by atoms with E-state index < -0.39 is 0 Å². The highest BCUT2D eigenvalue weighted by molar-refractivity contribution is 5.17. The molecule has 0 amide bonds. The van der Waals surface area contributed by atoms with Crippen molar-refractivity contribution in [1.29, 1.82) is 0 Å². The first-order chi connectivity index (χ1) is 8.69. The molecule has 0 radical (unpaired) electrons. The molecular weight excluding hydrogens is 227 g/mol. The second-order valence-electron chi connectivity index (χ2n) is 5.60. The van der Waals surface area contributed by atoms with Gasteiger partial charge in [0.05, 0.1) is 6.10 Å². The molecule has 3 atom stereocenters. The lowest BCUT2D eigenvalue weighted by Gasteiger charge is -2.31. The molecule has 0 bridgehead atoms. The fourth-order valence-electron chi connectivity index (χ4n) is 3.12. The molecule has 0 heterocycles. The molecule has 1 aromatic rings. The Morgan fingerprint density at radius 2 is 2.22 bits per heavy atom. The molecule has 1 aromatic carbocycles. The summed E-state index contributed by atoms with van der Waals surface area (Å²) in [5, 5.41) is 10.3. The topological polar surface area (TPSA) is 20.2 Å². The van der Waals surface area contributed by atoms with Crippen molar-refractivity contribution in [1.82, 2.24) is 0 Å². The number of aliphatic hydroxyl groups excluding tert-OH is 1. The molecule has 0 saturated heterocycles. The fraction of sp³-hybridized carbons (Fsp3) is 0.625. The number of hydrogen-bond acceptors (Lipinski definition) is 1. The number of aliphatic hydroxyl groups is 1. The van der Waals surface area contributed by atoms with Gasteiger partial charge in [0.1, 0.15) is 5.82 Å². The molecule has 1 N–H and O–H groups in total. The summed E-state index contributed by atoms with van der Waals surface area (Å²) in [7, 11) is 0. The van der Waals surface area contributed by atoms with Gasteiger partial charge in [-0.3, -0.25) is 0 Å². The molecule has 1 saturated carbocycles. The molecule has 1 aliphatic rings. The zero-order valence-corrected chi connectivity index (χ0v) is 11.1. The highest BCUT2D eigenvalue weighted by atomic mass is 19.1. The van der Waals surface area contributed by atoms with Crippen molar-refractivity contribution in [3.05, 3.63) is 35.6 Å². The molecule has 18 heavy (non-hydrogen) atoms. The summed E-state index contributed by atoms with van der Waals surface area (Å²) in [6.07, 6.45) is 6.26. The summed E-state index contributed by atoms with van der Waals surface area (Å²) in [5.41, 5.74) is 0.904. The van der Waals surface area contributed by atoms with E-state index in [1.807, 2.05) is 6.07 Å². The van der Waals surface area contributed by atoms with Crippen LogP contribution in [0.2, 0.25) is 0 Å². The first kappa shape index (κ1) is 13.5. The van der Waals surface area contributed by atoms with Gasteiger partial charge < -0.3 is 5.11 Å². The Hall–Kier alpha value is -0.890. The van der Waals surface area contributed by atoms with Crippen LogP contribution in [0, 0.1) is 17.7 Å². The number of rotatable bonds is 4. The third-order valence-corrected chi connectivity index (χ3v) is 4.28. The molecule has 2 rings (SSSR count). The van der Waals surface area contributed by atoms with Crippen molar-refractivity contribution in [3.8, 4) is 0 Å². The second kappa shape index (κ2) is 6.33. The fourth-order valence-corrected chi connectivity index (χ4v) is 3.12. The Balaban J connectivity index is 1.93. The average molecular weight is 250 g/mol. The lowest BCUT2D eigenvalue weighted by Crippen LogP contribution is -2.28. The van der Waals surface area contributed by atoms with E-state index >= 15 is 0 Å². The maximum absolute atomic E-state index is 13.1. The summed E-state index contributed by atoms with van der Waals surface area (Å²) < 4.78 is 13.1. The normalized spacial score (nSPS) is 25.9. The molecule has 100 valence electrons. The molecular formula is C16H23FO. The third-order valence-electron chi connectivity index (χ3n) is 4.28. The van der Waals surface area contributed by atoms with Crippen LogP contribution in [0.3, 0.4) is 0 Å². The van der Waals surface area contributed by atoms with Gasteiger partial charge in [0, 0.05) is 0 Å². The van der Waals surface area contributed by atoms with Gasteiger partial charge in [0.25, 0.3) is 0 Å². The van der Waals surface area contributed by atoms with E-state index in [0.29, 0.717) is 12.3 Å². The van der Waals surface area contributed by atoms with Gasteiger partial charge in [0.15, 0.2) is 0 Å². The maximum Gasteiger partial charge on any atom is 0.123 e. The van der Waals surface area contributed by atoms with Gasteiger partial charge in [-0.05, 0) is 48.8 Å². The van der Waals surface area contributed by atoms with Gasteiger partial charge in [-0.15, -0.1) is 0 Å². The van der Waals surface area contributed by atoms with Crippen molar-refractivity contribution in [2.24, 2.45) is 11.8 Å².